The smallest absolute Gasteiger partial charge is 0.228 e. The Morgan fingerprint density at radius 1 is 1.13 bits per heavy atom. The Bertz CT molecular complexity index is 824. The van der Waals surface area contributed by atoms with E-state index in [9.17, 15) is 14.0 Å². The third-order valence-corrected chi connectivity index (χ3v) is 7.40. The summed E-state index contributed by atoms with van der Waals surface area (Å²) in [6.07, 6.45) is 5.29. The number of hydrogen-bond donors (Lipinski definition) is 1. The van der Waals surface area contributed by atoms with Crippen LogP contribution in [0.25, 0.3) is 0 Å². The lowest BCUT2D eigenvalue weighted by Crippen LogP contribution is -2.49. The second kappa shape index (κ2) is 8.29. The summed E-state index contributed by atoms with van der Waals surface area (Å²) in [5.74, 6) is 0.354. The van der Waals surface area contributed by atoms with E-state index in [-0.39, 0.29) is 29.0 Å². The second-order valence-electron chi connectivity index (χ2n) is 10.0. The van der Waals surface area contributed by atoms with E-state index in [0.717, 1.165) is 37.9 Å². The number of rotatable bonds is 5. The van der Waals surface area contributed by atoms with Crippen molar-refractivity contribution < 1.29 is 14.0 Å². The van der Waals surface area contributed by atoms with Crippen LogP contribution in [0.15, 0.2) is 12.1 Å². The van der Waals surface area contributed by atoms with Crippen molar-refractivity contribution >= 4 is 17.5 Å². The van der Waals surface area contributed by atoms with Gasteiger partial charge in [0.2, 0.25) is 11.8 Å². The van der Waals surface area contributed by atoms with Crippen molar-refractivity contribution in [2.75, 3.05) is 31.5 Å². The number of benzene rings is 1. The largest absolute Gasteiger partial charge is 0.340 e. The Balaban J connectivity index is 1.36. The predicted molar refractivity (Wildman–Crippen MR) is 115 cm³/mol. The van der Waals surface area contributed by atoms with Gasteiger partial charge in [-0.1, -0.05) is 26.7 Å². The predicted octanol–water partition coefficient (Wildman–Crippen LogP) is 3.95. The molecule has 2 saturated carbocycles. The lowest BCUT2D eigenvalue weighted by Gasteiger charge is -2.36. The second-order valence-corrected chi connectivity index (χ2v) is 10.0. The molecule has 1 heterocycles. The Kier molecular flexibility index (Phi) is 5.88. The highest BCUT2D eigenvalue weighted by molar-refractivity contribution is 5.95. The number of halogens is 1. The van der Waals surface area contributed by atoms with Gasteiger partial charge in [0, 0.05) is 55.8 Å². The SMILES string of the molecule is Cc1c(NC(=O)C2CC2(C)C)ccc(F)c1CN1CCN(C(=O)C2CCCC2)CC1. The molecule has 0 bridgehead atoms. The van der Waals surface area contributed by atoms with Crippen molar-refractivity contribution in [1.29, 1.82) is 0 Å². The summed E-state index contributed by atoms with van der Waals surface area (Å²) in [6.45, 7) is 9.50. The molecule has 0 spiro atoms. The highest BCUT2D eigenvalue weighted by Gasteiger charge is 2.50. The van der Waals surface area contributed by atoms with Gasteiger partial charge in [-0.3, -0.25) is 14.5 Å². The van der Waals surface area contributed by atoms with Crippen LogP contribution in [0.4, 0.5) is 10.1 Å². The van der Waals surface area contributed by atoms with Gasteiger partial charge < -0.3 is 10.2 Å². The maximum Gasteiger partial charge on any atom is 0.228 e. The van der Waals surface area contributed by atoms with Crippen molar-refractivity contribution in [2.24, 2.45) is 17.3 Å². The number of nitrogens with one attached hydrogen (secondary N) is 1. The van der Waals surface area contributed by atoms with E-state index in [1.807, 2.05) is 11.8 Å². The number of anilines is 1. The number of amides is 2. The quantitative estimate of drug-likeness (QED) is 0.792. The highest BCUT2D eigenvalue weighted by atomic mass is 19.1. The van der Waals surface area contributed by atoms with E-state index in [1.54, 1.807) is 6.07 Å². The van der Waals surface area contributed by atoms with Crippen molar-refractivity contribution in [1.82, 2.24) is 9.80 Å². The van der Waals surface area contributed by atoms with E-state index in [1.165, 1.54) is 18.9 Å². The molecule has 1 aromatic carbocycles. The lowest BCUT2D eigenvalue weighted by atomic mass is 10.0. The molecule has 0 aromatic heterocycles. The molecule has 30 heavy (non-hydrogen) atoms. The number of piperazine rings is 1. The minimum atomic E-state index is -0.235. The molecule has 6 heteroatoms. The van der Waals surface area contributed by atoms with E-state index in [0.29, 0.717) is 36.8 Å². The normalized spacial score (nSPS) is 24.1. The van der Waals surface area contributed by atoms with Crippen LogP contribution in [0, 0.1) is 30.0 Å². The van der Waals surface area contributed by atoms with Crippen LogP contribution in [0.1, 0.15) is 57.1 Å². The zero-order valence-corrected chi connectivity index (χ0v) is 18.5. The molecule has 2 amide bonds. The molecule has 1 aliphatic heterocycles. The van der Waals surface area contributed by atoms with E-state index < -0.39 is 0 Å². The summed E-state index contributed by atoms with van der Waals surface area (Å²) in [4.78, 5) is 29.3. The van der Waals surface area contributed by atoms with Crippen LogP contribution in [0.3, 0.4) is 0 Å². The highest BCUT2D eigenvalue weighted by Crippen LogP contribution is 2.52. The standard InChI is InChI=1S/C24H34FN3O2/c1-16-18(20(25)8-9-21(16)26-22(29)19-14-24(19,2)3)15-27-10-12-28(13-11-27)23(30)17-6-4-5-7-17/h8-9,17,19H,4-7,10-15H2,1-3H3,(H,26,29). The van der Waals surface area contributed by atoms with Crippen molar-refractivity contribution in [2.45, 2.75) is 59.4 Å². The van der Waals surface area contributed by atoms with Gasteiger partial charge in [-0.25, -0.2) is 4.39 Å². The molecule has 2 aliphatic carbocycles. The lowest BCUT2D eigenvalue weighted by molar-refractivity contribution is -0.137. The fourth-order valence-electron chi connectivity index (χ4n) is 4.97. The molecule has 5 nitrogen and oxygen atoms in total. The number of carbonyl (C=O) groups excluding carboxylic acids is 2. The van der Waals surface area contributed by atoms with Crippen LogP contribution in [-0.4, -0.2) is 47.8 Å². The number of nitrogens with zero attached hydrogens (tertiary/aromatic N) is 2. The van der Waals surface area contributed by atoms with Gasteiger partial charge in [0.1, 0.15) is 5.82 Å². The first-order chi connectivity index (χ1) is 14.3. The van der Waals surface area contributed by atoms with Crippen LogP contribution in [0.5, 0.6) is 0 Å². The topological polar surface area (TPSA) is 52.7 Å². The summed E-state index contributed by atoms with van der Waals surface area (Å²) in [5.41, 5.74) is 2.20. The molecule has 0 radical (unpaired) electrons. The molecule has 3 fully saturated rings. The third kappa shape index (κ3) is 4.39. The van der Waals surface area contributed by atoms with Gasteiger partial charge in [-0.15, -0.1) is 0 Å². The van der Waals surface area contributed by atoms with Crippen LogP contribution in [-0.2, 0) is 16.1 Å². The zero-order chi connectivity index (χ0) is 21.5. The number of carbonyl (C=O) groups is 2. The fraction of sp³-hybridized carbons (Fsp3) is 0.667. The maximum absolute atomic E-state index is 14.6. The van der Waals surface area contributed by atoms with Gasteiger partial charge in [-0.2, -0.15) is 0 Å². The minimum Gasteiger partial charge on any atom is -0.340 e. The maximum atomic E-state index is 14.6. The molecule has 1 atom stereocenters. The molecule has 1 unspecified atom stereocenters. The molecule has 3 aliphatic rings. The summed E-state index contributed by atoms with van der Waals surface area (Å²) in [5, 5.41) is 3.01. The van der Waals surface area contributed by atoms with Crippen molar-refractivity contribution in [3.8, 4) is 0 Å². The van der Waals surface area contributed by atoms with Gasteiger partial charge in [0.05, 0.1) is 0 Å². The average Bonchev–Trinajstić information content (AvgIpc) is 3.11. The Morgan fingerprint density at radius 3 is 2.37 bits per heavy atom. The Hall–Kier alpha value is -1.95. The van der Waals surface area contributed by atoms with Crippen LogP contribution in [0.2, 0.25) is 0 Å². The summed E-state index contributed by atoms with van der Waals surface area (Å²) in [7, 11) is 0. The third-order valence-electron chi connectivity index (χ3n) is 7.40. The first kappa shape index (κ1) is 21.3. The van der Waals surface area contributed by atoms with Crippen molar-refractivity contribution in [3.63, 3.8) is 0 Å². The first-order valence-electron chi connectivity index (χ1n) is 11.4. The first-order valence-corrected chi connectivity index (χ1v) is 11.4. The summed E-state index contributed by atoms with van der Waals surface area (Å²) < 4.78 is 14.6. The molecular weight excluding hydrogens is 381 g/mol. The molecule has 4 rings (SSSR count). The Morgan fingerprint density at radius 2 is 1.77 bits per heavy atom. The van der Waals surface area contributed by atoms with Gasteiger partial charge in [0.15, 0.2) is 0 Å². The van der Waals surface area contributed by atoms with E-state index in [2.05, 4.69) is 24.1 Å². The Labute approximate surface area is 179 Å². The van der Waals surface area contributed by atoms with Crippen LogP contribution < -0.4 is 5.32 Å². The van der Waals surface area contributed by atoms with Crippen molar-refractivity contribution in [3.05, 3.63) is 29.1 Å². The van der Waals surface area contributed by atoms with Gasteiger partial charge >= 0.3 is 0 Å². The summed E-state index contributed by atoms with van der Waals surface area (Å²) in [6, 6.07) is 3.12. The molecular formula is C24H34FN3O2. The molecule has 1 saturated heterocycles. The molecule has 1 aromatic rings. The number of hydrogen-bond acceptors (Lipinski definition) is 3. The minimum absolute atomic E-state index is 0.0275. The zero-order valence-electron chi connectivity index (χ0n) is 18.5. The van der Waals surface area contributed by atoms with Gasteiger partial charge in [-0.05, 0) is 49.3 Å². The average molecular weight is 416 g/mol. The van der Waals surface area contributed by atoms with Crippen LogP contribution >= 0.6 is 0 Å². The van der Waals surface area contributed by atoms with E-state index >= 15 is 0 Å². The molecule has 1 N–H and O–H groups in total. The van der Waals surface area contributed by atoms with E-state index in [4.69, 9.17) is 0 Å². The summed E-state index contributed by atoms with van der Waals surface area (Å²) >= 11 is 0. The van der Waals surface area contributed by atoms with Gasteiger partial charge in [0.25, 0.3) is 0 Å². The molecule has 164 valence electrons. The monoisotopic (exact) mass is 415 g/mol. The fourth-order valence-corrected chi connectivity index (χ4v) is 4.97.